The van der Waals surface area contributed by atoms with E-state index in [0.717, 1.165) is 17.5 Å². The Morgan fingerprint density at radius 1 is 1.06 bits per heavy atom. The smallest absolute Gasteiger partial charge is 0.158 e. The molecule has 2 unspecified atom stereocenters. The Kier molecular flexibility index (Phi) is 4.26. The van der Waals surface area contributed by atoms with Gasteiger partial charge in [-0.05, 0) is 97.8 Å². The first kappa shape index (κ1) is 19.1. The molecule has 160 valence electrons. The molecule has 1 aliphatic heterocycles. The Morgan fingerprint density at radius 3 is 2.58 bits per heavy atom. The Balaban J connectivity index is 1.50. The number of rotatable bonds is 3. The van der Waals surface area contributed by atoms with Crippen LogP contribution in [0.5, 0.6) is 0 Å². The monoisotopic (exact) mass is 413 g/mol. The second-order valence-electron chi connectivity index (χ2n) is 10.0. The van der Waals surface area contributed by atoms with E-state index in [2.05, 4.69) is 72.5 Å². The maximum Gasteiger partial charge on any atom is 0.158 e. The predicted molar refractivity (Wildman–Crippen MR) is 126 cm³/mol. The van der Waals surface area contributed by atoms with Gasteiger partial charge < -0.3 is 10.3 Å². The van der Waals surface area contributed by atoms with E-state index >= 15 is 0 Å². The number of aryl methyl sites for hydroxylation is 1. The fourth-order valence-electron chi connectivity index (χ4n) is 6.19. The van der Waals surface area contributed by atoms with Crippen molar-refractivity contribution in [3.8, 4) is 11.3 Å². The second kappa shape index (κ2) is 6.92. The third-order valence-electron chi connectivity index (χ3n) is 7.96. The van der Waals surface area contributed by atoms with Crippen LogP contribution in [0.15, 0.2) is 30.7 Å². The van der Waals surface area contributed by atoms with Crippen molar-refractivity contribution in [2.75, 3.05) is 13.1 Å². The van der Waals surface area contributed by atoms with Crippen LogP contribution >= 0.6 is 0 Å². The fourth-order valence-corrected chi connectivity index (χ4v) is 6.19. The van der Waals surface area contributed by atoms with E-state index in [-0.39, 0.29) is 0 Å². The van der Waals surface area contributed by atoms with Crippen LogP contribution < -0.4 is 5.32 Å². The Labute approximate surface area is 183 Å². The summed E-state index contributed by atoms with van der Waals surface area (Å²) in [6.45, 7) is 11.4. The van der Waals surface area contributed by atoms with Gasteiger partial charge in [-0.25, -0.2) is 9.50 Å². The summed E-state index contributed by atoms with van der Waals surface area (Å²) in [5.41, 5.74) is 10.0. The highest BCUT2D eigenvalue weighted by Gasteiger charge is 2.37. The molecule has 2 fully saturated rings. The summed E-state index contributed by atoms with van der Waals surface area (Å²) in [5.74, 6) is 2.87. The predicted octanol–water partition coefficient (Wildman–Crippen LogP) is 5.33. The van der Waals surface area contributed by atoms with Crippen LogP contribution in [0.3, 0.4) is 0 Å². The molecule has 5 nitrogen and oxygen atoms in total. The molecule has 0 amide bonds. The largest absolute Gasteiger partial charge is 0.354 e. The van der Waals surface area contributed by atoms with Gasteiger partial charge in [0.1, 0.15) is 6.33 Å². The number of aromatic nitrogens is 4. The van der Waals surface area contributed by atoms with Crippen LogP contribution in [0.1, 0.15) is 60.8 Å². The highest BCUT2D eigenvalue weighted by atomic mass is 15.3. The van der Waals surface area contributed by atoms with E-state index in [4.69, 9.17) is 0 Å². The molecule has 31 heavy (non-hydrogen) atoms. The standard InChI is InChI=1S/C26H31N5/c1-14(2)24-21-9-17(18-7-19-10-27-11-20(19)8-18)5-6-23(21)30-25(24)22-12-31-26(28-13-29-31)16(4)15(22)3/h5-6,9,12-14,18-20,27,30H,7-8,10-11H2,1-4H3. The zero-order valence-electron chi connectivity index (χ0n) is 18.9. The van der Waals surface area contributed by atoms with Crippen molar-refractivity contribution < 1.29 is 0 Å². The van der Waals surface area contributed by atoms with Crippen LogP contribution in [0.25, 0.3) is 27.8 Å². The van der Waals surface area contributed by atoms with Crippen LogP contribution in [0.2, 0.25) is 0 Å². The SMILES string of the molecule is Cc1c(-c2[nH]c3ccc(C4CC5CNCC5C4)cc3c2C(C)C)cn2ncnc2c1C. The zero-order valence-corrected chi connectivity index (χ0v) is 18.9. The summed E-state index contributed by atoms with van der Waals surface area (Å²) in [7, 11) is 0. The third-order valence-corrected chi connectivity index (χ3v) is 7.96. The lowest BCUT2D eigenvalue weighted by atomic mass is 9.90. The number of aromatic amines is 1. The van der Waals surface area contributed by atoms with Crippen molar-refractivity contribution in [3.05, 3.63) is 53.0 Å². The Bertz CT molecular complexity index is 1280. The van der Waals surface area contributed by atoms with Crippen LogP contribution in [-0.2, 0) is 0 Å². The van der Waals surface area contributed by atoms with Crippen LogP contribution in [-0.4, -0.2) is 32.7 Å². The Hall–Kier alpha value is -2.66. The Morgan fingerprint density at radius 2 is 1.84 bits per heavy atom. The summed E-state index contributed by atoms with van der Waals surface area (Å²) in [6, 6.07) is 7.16. The van der Waals surface area contributed by atoms with Gasteiger partial charge in [-0.3, -0.25) is 0 Å². The normalized spacial score (nSPS) is 23.5. The van der Waals surface area contributed by atoms with E-state index in [9.17, 15) is 0 Å². The van der Waals surface area contributed by atoms with E-state index in [1.54, 1.807) is 6.33 Å². The molecule has 0 spiro atoms. The number of fused-ring (bicyclic) bond motifs is 3. The number of nitrogens with zero attached hydrogens (tertiary/aromatic N) is 3. The number of hydrogen-bond donors (Lipinski definition) is 2. The number of H-pyrrole nitrogens is 1. The van der Waals surface area contributed by atoms with Crippen molar-refractivity contribution >= 4 is 16.6 Å². The lowest BCUT2D eigenvalue weighted by molar-refractivity contribution is 0.494. The van der Waals surface area contributed by atoms with Gasteiger partial charge in [0.05, 0.1) is 5.69 Å². The van der Waals surface area contributed by atoms with Gasteiger partial charge in [-0.2, -0.15) is 5.10 Å². The van der Waals surface area contributed by atoms with E-state index in [1.807, 2.05) is 4.52 Å². The quantitative estimate of drug-likeness (QED) is 0.477. The summed E-state index contributed by atoms with van der Waals surface area (Å²) < 4.78 is 1.91. The first-order chi connectivity index (χ1) is 15.0. The van der Waals surface area contributed by atoms with Crippen LogP contribution in [0, 0.1) is 25.7 Å². The molecule has 3 aromatic heterocycles. The molecule has 2 N–H and O–H groups in total. The molecule has 2 atom stereocenters. The van der Waals surface area contributed by atoms with Crippen molar-refractivity contribution in [2.45, 2.75) is 52.4 Å². The summed E-state index contributed by atoms with van der Waals surface area (Å²) in [4.78, 5) is 8.20. The average Bonchev–Trinajstić information content (AvgIpc) is 3.51. The molecular formula is C26H31N5. The molecule has 2 aliphatic rings. The van der Waals surface area contributed by atoms with E-state index in [1.165, 1.54) is 70.3 Å². The van der Waals surface area contributed by atoms with Crippen molar-refractivity contribution in [3.63, 3.8) is 0 Å². The second-order valence-corrected chi connectivity index (χ2v) is 10.0. The average molecular weight is 414 g/mol. The lowest BCUT2D eigenvalue weighted by Gasteiger charge is -2.14. The minimum Gasteiger partial charge on any atom is -0.354 e. The maximum absolute atomic E-state index is 4.43. The summed E-state index contributed by atoms with van der Waals surface area (Å²) >= 11 is 0. The number of nitrogens with one attached hydrogen (secondary N) is 2. The maximum atomic E-state index is 4.43. The molecule has 4 heterocycles. The molecule has 0 radical (unpaired) electrons. The molecule has 6 rings (SSSR count). The summed E-state index contributed by atoms with van der Waals surface area (Å²) in [5, 5.41) is 9.37. The number of benzene rings is 1. The van der Waals surface area contributed by atoms with Gasteiger partial charge in [-0.15, -0.1) is 0 Å². The molecule has 0 bridgehead atoms. The third kappa shape index (κ3) is 2.86. The first-order valence-electron chi connectivity index (χ1n) is 11.7. The van der Waals surface area contributed by atoms with Crippen molar-refractivity contribution in [2.24, 2.45) is 11.8 Å². The number of hydrogen-bond acceptors (Lipinski definition) is 3. The van der Waals surface area contributed by atoms with E-state index < -0.39 is 0 Å². The molecular weight excluding hydrogens is 382 g/mol. The highest BCUT2D eigenvalue weighted by molar-refractivity contribution is 5.92. The topological polar surface area (TPSA) is 58.0 Å². The zero-order chi connectivity index (χ0) is 21.3. The van der Waals surface area contributed by atoms with Gasteiger partial charge >= 0.3 is 0 Å². The van der Waals surface area contributed by atoms with Gasteiger partial charge in [0, 0.05) is 22.7 Å². The van der Waals surface area contributed by atoms with Gasteiger partial charge in [-0.1, -0.05) is 19.9 Å². The number of pyridine rings is 1. The van der Waals surface area contributed by atoms with Gasteiger partial charge in [0.25, 0.3) is 0 Å². The minimum absolute atomic E-state index is 0.428. The van der Waals surface area contributed by atoms with Crippen molar-refractivity contribution in [1.82, 2.24) is 24.9 Å². The van der Waals surface area contributed by atoms with Crippen molar-refractivity contribution in [1.29, 1.82) is 0 Å². The lowest BCUT2D eigenvalue weighted by Crippen LogP contribution is -2.11. The molecule has 1 aromatic carbocycles. The molecule has 1 aliphatic carbocycles. The fraction of sp³-hybridized carbons (Fsp3) is 0.462. The highest BCUT2D eigenvalue weighted by Crippen LogP contribution is 2.45. The molecule has 4 aromatic rings. The minimum atomic E-state index is 0.428. The van der Waals surface area contributed by atoms with Gasteiger partial charge in [0.15, 0.2) is 5.65 Å². The summed E-state index contributed by atoms with van der Waals surface area (Å²) in [6.07, 6.45) is 6.43. The van der Waals surface area contributed by atoms with Crippen LogP contribution in [0.4, 0.5) is 0 Å². The molecule has 1 saturated heterocycles. The van der Waals surface area contributed by atoms with Gasteiger partial charge in [0.2, 0.25) is 0 Å². The first-order valence-corrected chi connectivity index (χ1v) is 11.7. The molecule has 5 heteroatoms. The van der Waals surface area contributed by atoms with E-state index in [0.29, 0.717) is 11.8 Å². The molecule has 1 saturated carbocycles.